The lowest BCUT2D eigenvalue weighted by Crippen LogP contribution is -2.14. The monoisotopic (exact) mass is 340 g/mol. The van der Waals surface area contributed by atoms with E-state index in [1.807, 2.05) is 19.3 Å². The van der Waals surface area contributed by atoms with Gasteiger partial charge in [-0.1, -0.05) is 11.8 Å². The largest absolute Gasteiger partial charge is 0.386 e. The highest BCUT2D eigenvalue weighted by Crippen LogP contribution is 2.28. The Labute approximate surface area is 145 Å². The Balaban J connectivity index is 1.74. The lowest BCUT2D eigenvalue weighted by Gasteiger charge is -2.11. The minimum Gasteiger partial charge on any atom is -0.386 e. The molecule has 0 saturated heterocycles. The zero-order chi connectivity index (χ0) is 17.2. The lowest BCUT2D eigenvalue weighted by atomic mass is 10.1. The van der Waals surface area contributed by atoms with Crippen LogP contribution in [0, 0.1) is 11.8 Å². The van der Waals surface area contributed by atoms with E-state index in [2.05, 4.69) is 50.9 Å². The van der Waals surface area contributed by atoms with Crippen LogP contribution in [0.5, 0.6) is 0 Å². The van der Waals surface area contributed by atoms with Gasteiger partial charge in [-0.25, -0.2) is 0 Å². The van der Waals surface area contributed by atoms with E-state index in [9.17, 15) is 5.11 Å². The third kappa shape index (κ3) is 3.88. The summed E-state index contributed by atoms with van der Waals surface area (Å²) in [5.74, 6) is 5.85. The van der Waals surface area contributed by atoms with Crippen LogP contribution < -0.4 is 10.6 Å². The summed E-state index contributed by atoms with van der Waals surface area (Å²) in [5.41, 5.74) is 2.08. The molecule has 1 aromatic carbocycles. The molecule has 6 heteroatoms. The number of hydrogen-bond donors (Lipinski definition) is 4. The first-order chi connectivity index (χ1) is 11.4. The topological polar surface area (TPSA) is 73.0 Å². The molecule has 0 spiro atoms. The van der Waals surface area contributed by atoms with Gasteiger partial charge in [0.05, 0.1) is 28.0 Å². The van der Waals surface area contributed by atoms with Crippen molar-refractivity contribution >= 4 is 33.6 Å². The van der Waals surface area contributed by atoms with Gasteiger partial charge in [0.25, 0.3) is 0 Å². The SMILES string of the molecule is CNc1cc2cn[nH]c2cc1NCc1ccc(C#CC(C)(C)O)s1. The van der Waals surface area contributed by atoms with E-state index in [1.54, 1.807) is 25.2 Å². The minimum absolute atomic E-state index is 0.711. The average molecular weight is 340 g/mol. The molecule has 0 bridgehead atoms. The van der Waals surface area contributed by atoms with Crippen molar-refractivity contribution in [3.05, 3.63) is 40.2 Å². The molecular formula is C18H20N4OS. The Kier molecular flexibility index (Phi) is 4.47. The fourth-order valence-electron chi connectivity index (χ4n) is 2.28. The molecule has 3 rings (SSSR count). The summed E-state index contributed by atoms with van der Waals surface area (Å²) in [6, 6.07) is 8.16. The summed E-state index contributed by atoms with van der Waals surface area (Å²) >= 11 is 1.62. The van der Waals surface area contributed by atoms with Crippen molar-refractivity contribution in [3.63, 3.8) is 0 Å². The number of rotatable bonds is 4. The van der Waals surface area contributed by atoms with Gasteiger partial charge in [0.2, 0.25) is 0 Å². The molecule has 24 heavy (non-hydrogen) atoms. The van der Waals surface area contributed by atoms with Crippen LogP contribution in [-0.2, 0) is 6.54 Å². The fourth-order valence-corrected chi connectivity index (χ4v) is 3.08. The number of nitrogens with one attached hydrogen (secondary N) is 3. The van der Waals surface area contributed by atoms with Crippen LogP contribution in [-0.4, -0.2) is 28.0 Å². The highest BCUT2D eigenvalue weighted by atomic mass is 32.1. The first kappa shape index (κ1) is 16.4. The van der Waals surface area contributed by atoms with E-state index in [0.717, 1.165) is 27.2 Å². The van der Waals surface area contributed by atoms with E-state index < -0.39 is 5.60 Å². The molecule has 2 heterocycles. The molecular weight excluding hydrogens is 320 g/mol. The molecule has 0 fully saturated rings. The Morgan fingerprint density at radius 1 is 1.29 bits per heavy atom. The Bertz CT molecular complexity index is 908. The number of aliphatic hydroxyl groups is 1. The molecule has 0 aliphatic heterocycles. The zero-order valence-corrected chi connectivity index (χ0v) is 14.7. The normalized spacial score (nSPS) is 11.2. The van der Waals surface area contributed by atoms with Crippen molar-refractivity contribution in [3.8, 4) is 11.8 Å². The average Bonchev–Trinajstić information content (AvgIpc) is 3.17. The second-order valence-corrected chi connectivity index (χ2v) is 7.20. The second-order valence-electron chi connectivity index (χ2n) is 6.03. The number of nitrogens with zero attached hydrogens (tertiary/aromatic N) is 1. The predicted molar refractivity (Wildman–Crippen MR) is 100 cm³/mol. The van der Waals surface area contributed by atoms with Crippen molar-refractivity contribution in [1.82, 2.24) is 10.2 Å². The first-order valence-electron chi connectivity index (χ1n) is 7.67. The molecule has 5 nitrogen and oxygen atoms in total. The third-order valence-corrected chi connectivity index (χ3v) is 4.45. The van der Waals surface area contributed by atoms with E-state index in [-0.39, 0.29) is 0 Å². The summed E-state index contributed by atoms with van der Waals surface area (Å²) in [6.07, 6.45) is 1.81. The molecule has 0 unspecified atom stereocenters. The number of H-pyrrole nitrogens is 1. The van der Waals surface area contributed by atoms with Crippen LogP contribution in [0.3, 0.4) is 0 Å². The van der Waals surface area contributed by atoms with Gasteiger partial charge in [-0.05, 0) is 38.1 Å². The molecule has 0 radical (unpaired) electrons. The maximum absolute atomic E-state index is 9.67. The number of hydrogen-bond acceptors (Lipinski definition) is 5. The third-order valence-electron chi connectivity index (χ3n) is 3.45. The van der Waals surface area contributed by atoms with Crippen molar-refractivity contribution in [2.24, 2.45) is 0 Å². The number of fused-ring (bicyclic) bond motifs is 1. The maximum Gasteiger partial charge on any atom is 0.120 e. The predicted octanol–water partition coefficient (Wildman–Crippen LogP) is 3.40. The molecule has 3 aromatic rings. The summed E-state index contributed by atoms with van der Waals surface area (Å²) < 4.78 is 0. The molecule has 0 aliphatic carbocycles. The first-order valence-corrected chi connectivity index (χ1v) is 8.49. The van der Waals surface area contributed by atoms with E-state index in [4.69, 9.17) is 0 Å². The Morgan fingerprint density at radius 2 is 2.12 bits per heavy atom. The molecule has 2 aromatic heterocycles. The number of benzene rings is 1. The summed E-state index contributed by atoms with van der Waals surface area (Å²) in [5, 5.41) is 24.5. The maximum atomic E-state index is 9.67. The van der Waals surface area contributed by atoms with E-state index in [1.165, 1.54) is 4.88 Å². The highest BCUT2D eigenvalue weighted by molar-refractivity contribution is 7.12. The van der Waals surface area contributed by atoms with Crippen LogP contribution in [0.15, 0.2) is 30.5 Å². The van der Waals surface area contributed by atoms with Gasteiger partial charge in [0, 0.05) is 23.9 Å². The van der Waals surface area contributed by atoms with Crippen LogP contribution >= 0.6 is 11.3 Å². The van der Waals surface area contributed by atoms with Gasteiger partial charge in [0.1, 0.15) is 5.60 Å². The van der Waals surface area contributed by atoms with Gasteiger partial charge in [-0.15, -0.1) is 11.3 Å². The molecule has 0 aliphatic rings. The lowest BCUT2D eigenvalue weighted by molar-refractivity contribution is 0.143. The van der Waals surface area contributed by atoms with Gasteiger partial charge >= 0.3 is 0 Å². The van der Waals surface area contributed by atoms with Crippen molar-refractivity contribution < 1.29 is 5.11 Å². The van der Waals surface area contributed by atoms with Gasteiger partial charge < -0.3 is 15.7 Å². The molecule has 0 saturated carbocycles. The second kappa shape index (κ2) is 6.56. The van der Waals surface area contributed by atoms with Crippen LogP contribution in [0.1, 0.15) is 23.6 Å². The molecule has 124 valence electrons. The van der Waals surface area contributed by atoms with E-state index in [0.29, 0.717) is 6.54 Å². The zero-order valence-electron chi connectivity index (χ0n) is 13.9. The van der Waals surface area contributed by atoms with Crippen molar-refractivity contribution in [2.45, 2.75) is 26.0 Å². The number of aromatic amines is 1. The number of anilines is 2. The van der Waals surface area contributed by atoms with Crippen LogP contribution in [0.25, 0.3) is 10.9 Å². The minimum atomic E-state index is -0.969. The summed E-state index contributed by atoms with van der Waals surface area (Å²) in [4.78, 5) is 2.13. The summed E-state index contributed by atoms with van der Waals surface area (Å²) in [6.45, 7) is 4.07. The molecule has 0 atom stereocenters. The summed E-state index contributed by atoms with van der Waals surface area (Å²) in [7, 11) is 1.90. The number of aromatic nitrogens is 2. The standard InChI is InChI=1S/C18H20N4OS/c1-18(2,23)7-6-13-4-5-14(24-13)11-20-17-9-15-12(10-21-22-15)8-16(17)19-3/h4-5,8-10,19-20,23H,11H2,1-3H3,(H,21,22). The highest BCUT2D eigenvalue weighted by Gasteiger charge is 2.08. The van der Waals surface area contributed by atoms with Crippen molar-refractivity contribution in [2.75, 3.05) is 17.7 Å². The molecule has 4 N–H and O–H groups in total. The Hall–Kier alpha value is -2.49. The van der Waals surface area contributed by atoms with E-state index >= 15 is 0 Å². The van der Waals surface area contributed by atoms with Gasteiger partial charge in [-0.3, -0.25) is 5.10 Å². The number of thiophene rings is 1. The van der Waals surface area contributed by atoms with Crippen LogP contribution in [0.2, 0.25) is 0 Å². The Morgan fingerprint density at radius 3 is 2.88 bits per heavy atom. The quantitative estimate of drug-likeness (QED) is 0.549. The smallest absolute Gasteiger partial charge is 0.120 e. The van der Waals surface area contributed by atoms with Crippen molar-refractivity contribution in [1.29, 1.82) is 0 Å². The molecule has 0 amide bonds. The van der Waals surface area contributed by atoms with Crippen LogP contribution in [0.4, 0.5) is 11.4 Å². The van der Waals surface area contributed by atoms with Gasteiger partial charge in [-0.2, -0.15) is 5.10 Å². The van der Waals surface area contributed by atoms with Gasteiger partial charge in [0.15, 0.2) is 0 Å². The fraction of sp³-hybridized carbons (Fsp3) is 0.278.